The van der Waals surface area contributed by atoms with Crippen molar-refractivity contribution in [3.05, 3.63) is 150 Å². The van der Waals surface area contributed by atoms with Crippen LogP contribution in [0.3, 0.4) is 0 Å². The van der Waals surface area contributed by atoms with E-state index in [1.807, 2.05) is 12.2 Å². The van der Waals surface area contributed by atoms with Gasteiger partial charge in [-0.25, -0.2) is 12.2 Å². The fourth-order valence-corrected chi connectivity index (χ4v) is 6.02. The number of hydrogen-bond acceptors (Lipinski definition) is 0. The van der Waals surface area contributed by atoms with Gasteiger partial charge in [-0.05, 0) is 10.8 Å². The molecule has 0 N–H and O–H groups in total. The number of benzene rings is 4. The molecule has 0 radical (unpaired) electrons. The standard InChI is InChI=1S/C21H25.C15H14.C5H5.2ClH.Zr/c1-20(2,3)16-9-7-14-11-15-8-10-17(21(4,5)6)13-19(15)18(14)12-16;1-3-8-14(9-4-1)12-7-13-15-10-5-2-6-11-15;1-2-4-5-3-1;;;/h7-13H,1-6H3;1-6,8-11H,12-13H2;1-3H,4H2;2*1H;/q-1;;-1;;;+2. The summed E-state index contributed by atoms with van der Waals surface area (Å²) in [6.45, 7) is 13.7. The van der Waals surface area contributed by atoms with Crippen molar-refractivity contribution in [3.8, 4) is 0 Å². The van der Waals surface area contributed by atoms with Crippen molar-refractivity contribution in [2.45, 2.75) is 71.6 Å². The van der Waals surface area contributed by atoms with Gasteiger partial charge in [-0.1, -0.05) is 76.9 Å². The van der Waals surface area contributed by atoms with Crippen LogP contribution >= 0.6 is 24.8 Å². The number of rotatable bonds is 4. The molecule has 0 fully saturated rings. The summed E-state index contributed by atoms with van der Waals surface area (Å²) < 4.78 is 1.60. The second-order valence-corrected chi connectivity index (χ2v) is 14.9. The maximum absolute atomic E-state index is 2.99. The predicted octanol–water partition coefficient (Wildman–Crippen LogP) is 11.6. The molecule has 228 valence electrons. The van der Waals surface area contributed by atoms with Crippen molar-refractivity contribution in [2.24, 2.45) is 0 Å². The predicted molar refractivity (Wildman–Crippen MR) is 196 cm³/mol. The fraction of sp³-hybridized carbons (Fsp3) is 0.268. The Morgan fingerprint density at radius 3 is 1.41 bits per heavy atom. The van der Waals surface area contributed by atoms with Crippen LogP contribution in [-0.2, 0) is 47.9 Å². The Hall–Kier alpha value is -2.44. The summed E-state index contributed by atoms with van der Waals surface area (Å²) in [5.41, 5.74) is 6.04. The van der Waals surface area contributed by atoms with E-state index in [1.54, 1.807) is 27.4 Å². The van der Waals surface area contributed by atoms with Gasteiger partial charge in [0.2, 0.25) is 0 Å². The second-order valence-electron chi connectivity index (χ2n) is 13.2. The quantitative estimate of drug-likeness (QED) is 0.164. The van der Waals surface area contributed by atoms with E-state index in [2.05, 4.69) is 157 Å². The molecule has 0 heterocycles. The van der Waals surface area contributed by atoms with Crippen molar-refractivity contribution >= 4 is 49.6 Å². The van der Waals surface area contributed by atoms with Crippen LogP contribution in [0, 0.1) is 6.08 Å². The van der Waals surface area contributed by atoms with Gasteiger partial charge in [0.15, 0.2) is 0 Å². The molecule has 0 unspecified atom stereocenters. The van der Waals surface area contributed by atoms with E-state index in [1.165, 1.54) is 43.8 Å². The summed E-state index contributed by atoms with van der Waals surface area (Å²) in [4.78, 5) is 0. The summed E-state index contributed by atoms with van der Waals surface area (Å²) >= 11 is 1.55. The summed E-state index contributed by atoms with van der Waals surface area (Å²) in [6, 6.07) is 37.6. The van der Waals surface area contributed by atoms with Crippen LogP contribution in [0.2, 0.25) is 0 Å². The first-order chi connectivity index (χ1) is 20.0. The monoisotopic (exact) mass is 698 g/mol. The molecule has 0 aliphatic heterocycles. The van der Waals surface area contributed by atoms with Crippen molar-refractivity contribution in [1.29, 1.82) is 0 Å². The molecule has 0 bridgehead atoms. The Morgan fingerprint density at radius 1 is 0.659 bits per heavy atom. The Kier molecular flexibility index (Phi) is 14.9. The molecule has 0 nitrogen and oxygen atoms in total. The third-order valence-corrected chi connectivity index (χ3v) is 8.42. The molecule has 5 aromatic rings. The third-order valence-electron chi connectivity index (χ3n) is 7.55. The summed E-state index contributed by atoms with van der Waals surface area (Å²) in [5, 5.41) is 5.49. The van der Waals surface area contributed by atoms with Gasteiger partial charge in [-0.3, -0.25) is 6.08 Å². The van der Waals surface area contributed by atoms with Crippen molar-refractivity contribution in [3.63, 3.8) is 0 Å². The summed E-state index contributed by atoms with van der Waals surface area (Å²) in [7, 11) is 0. The zero-order chi connectivity index (χ0) is 30.2. The number of fused-ring (bicyclic) bond motifs is 3. The van der Waals surface area contributed by atoms with E-state index in [0.29, 0.717) is 0 Å². The van der Waals surface area contributed by atoms with E-state index in [4.69, 9.17) is 0 Å². The summed E-state index contributed by atoms with van der Waals surface area (Å²) in [5.74, 6) is 0. The molecule has 0 aromatic heterocycles. The minimum absolute atomic E-state index is 0. The molecule has 44 heavy (non-hydrogen) atoms. The van der Waals surface area contributed by atoms with Gasteiger partial charge in [-0.15, -0.1) is 71.0 Å². The van der Waals surface area contributed by atoms with Crippen LogP contribution < -0.4 is 0 Å². The zero-order valence-corrected chi connectivity index (χ0v) is 31.1. The van der Waals surface area contributed by atoms with Gasteiger partial charge < -0.3 is 0 Å². The van der Waals surface area contributed by atoms with E-state index >= 15 is 0 Å². The molecular weight excluding hydrogens is 655 g/mol. The van der Waals surface area contributed by atoms with Crippen molar-refractivity contribution in [2.75, 3.05) is 0 Å². The number of allylic oxidation sites excluding steroid dienone is 4. The van der Waals surface area contributed by atoms with Gasteiger partial charge in [0.05, 0.1) is 0 Å². The van der Waals surface area contributed by atoms with E-state index in [-0.39, 0.29) is 35.6 Å². The Balaban J connectivity index is 0.000000260. The molecule has 1 aliphatic rings. The average Bonchev–Trinajstić information content (AvgIpc) is 3.65. The zero-order valence-electron chi connectivity index (χ0n) is 27.0. The normalized spacial score (nSPS) is 12.0. The SMILES string of the molecule is CC(C)(C)c1ccc2[cH-]c3ccc(C(C)(C)C)cc3c2c1.Cl.Cl.[C-]1=CC=CC1.[Zr+2]=[C](Cc1ccccc1)Cc1ccccc1. The minimum atomic E-state index is 0. The van der Waals surface area contributed by atoms with Crippen LogP contribution in [0.5, 0.6) is 0 Å². The van der Waals surface area contributed by atoms with Crippen molar-refractivity contribution in [1.82, 2.24) is 0 Å². The summed E-state index contributed by atoms with van der Waals surface area (Å²) in [6.07, 6.45) is 12.2. The van der Waals surface area contributed by atoms with Gasteiger partial charge in [0.25, 0.3) is 0 Å². The third kappa shape index (κ3) is 11.2. The van der Waals surface area contributed by atoms with E-state index in [0.717, 1.165) is 19.3 Å². The van der Waals surface area contributed by atoms with E-state index < -0.39 is 0 Å². The van der Waals surface area contributed by atoms with Crippen molar-refractivity contribution < 1.29 is 24.2 Å². The maximum atomic E-state index is 2.99. The van der Waals surface area contributed by atoms with E-state index in [9.17, 15) is 0 Å². The molecule has 0 atom stereocenters. The number of halogens is 2. The first-order valence-corrected chi connectivity index (χ1v) is 16.2. The van der Waals surface area contributed by atoms with Crippen LogP contribution in [0.4, 0.5) is 0 Å². The van der Waals surface area contributed by atoms with Gasteiger partial charge in [0.1, 0.15) is 0 Å². The molecule has 5 aromatic carbocycles. The Bertz CT molecular complexity index is 1540. The van der Waals surface area contributed by atoms with Crippen LogP contribution in [-0.4, -0.2) is 3.21 Å². The molecule has 0 saturated carbocycles. The molecule has 6 rings (SSSR count). The molecule has 0 saturated heterocycles. The average molecular weight is 701 g/mol. The molecule has 1 aliphatic carbocycles. The fourth-order valence-electron chi connectivity index (χ4n) is 5.02. The second kappa shape index (κ2) is 17.3. The molecule has 0 spiro atoms. The van der Waals surface area contributed by atoms with Gasteiger partial charge >= 0.3 is 112 Å². The topological polar surface area (TPSA) is 0 Å². The molecule has 0 amide bonds. The molecule has 3 heteroatoms. The van der Waals surface area contributed by atoms with Crippen LogP contribution in [0.15, 0.2) is 121 Å². The molecular formula is C41H46Cl2Zr. The van der Waals surface area contributed by atoms with Gasteiger partial charge in [0, 0.05) is 0 Å². The van der Waals surface area contributed by atoms with Crippen LogP contribution in [0.1, 0.15) is 70.2 Å². The number of hydrogen-bond donors (Lipinski definition) is 0. The first kappa shape index (κ1) is 37.7. The van der Waals surface area contributed by atoms with Gasteiger partial charge in [-0.2, -0.15) is 6.08 Å². The first-order valence-electron chi connectivity index (χ1n) is 15.0. The van der Waals surface area contributed by atoms with Crippen LogP contribution in [0.25, 0.3) is 21.5 Å². The Labute approximate surface area is 293 Å². The Morgan fingerprint density at radius 2 is 1.09 bits per heavy atom.